The van der Waals surface area contributed by atoms with Crippen LogP contribution in [-0.4, -0.2) is 14.0 Å². The van der Waals surface area contributed by atoms with Gasteiger partial charge in [0.25, 0.3) is 5.97 Å². The van der Waals surface area contributed by atoms with Crippen LogP contribution >= 0.6 is 0 Å². The molecule has 0 heterocycles. The number of carbonyl (C=O) groups is 1. The van der Waals surface area contributed by atoms with Crippen LogP contribution in [0, 0.1) is 0 Å². The molecular formula is C16H33AgBO2. The van der Waals surface area contributed by atoms with Gasteiger partial charge in [-0.1, -0.05) is 84.0 Å². The van der Waals surface area contributed by atoms with E-state index >= 15 is 0 Å². The first kappa shape index (κ1) is 22.6. The zero-order valence-corrected chi connectivity index (χ0v) is 15.0. The fraction of sp³-hybridized carbons (Fsp3) is 0.938. The number of rotatable bonds is 14. The Balaban J connectivity index is 0. The second-order valence-electron chi connectivity index (χ2n) is 5.57. The van der Waals surface area contributed by atoms with Crippen LogP contribution in [0.15, 0.2) is 0 Å². The van der Waals surface area contributed by atoms with Crippen LogP contribution in [-0.2, 0) is 31.8 Å². The van der Waals surface area contributed by atoms with Gasteiger partial charge in [-0.05, 0) is 6.42 Å². The Hall–Kier alpha value is 0.275. The maximum atomic E-state index is 10.9. The molecule has 0 aromatic carbocycles. The van der Waals surface area contributed by atoms with Crippen molar-refractivity contribution in [2.75, 3.05) is 0 Å². The van der Waals surface area contributed by atoms with Crippen molar-refractivity contribution in [3.8, 4) is 0 Å². The molecule has 0 aliphatic heterocycles. The smallest absolute Gasteiger partial charge is 0.325 e. The summed E-state index contributed by atoms with van der Waals surface area (Å²) in [5.41, 5.74) is 0. The molecule has 20 heavy (non-hydrogen) atoms. The molecule has 0 rings (SSSR count). The maximum absolute atomic E-state index is 10.9. The van der Waals surface area contributed by atoms with Gasteiger partial charge >= 0.3 is 8.05 Å². The van der Waals surface area contributed by atoms with E-state index in [4.69, 9.17) is 0 Å². The number of unbranched alkanes of at least 4 members (excludes halogenated alkanes) is 12. The van der Waals surface area contributed by atoms with Crippen molar-refractivity contribution < 1.29 is 31.8 Å². The van der Waals surface area contributed by atoms with Crippen LogP contribution in [0.5, 0.6) is 0 Å². The molecule has 0 saturated carbocycles. The molecule has 0 aliphatic carbocycles. The third-order valence-corrected chi connectivity index (χ3v) is 3.71. The van der Waals surface area contributed by atoms with E-state index in [9.17, 15) is 4.79 Å². The Bertz CT molecular complexity index is 201. The number of carbonyl (C=O) groups excluding carboxylic acids is 1. The summed E-state index contributed by atoms with van der Waals surface area (Å²) < 4.78 is 4.62. The van der Waals surface area contributed by atoms with Crippen LogP contribution in [0.1, 0.15) is 96.8 Å². The topological polar surface area (TPSA) is 26.3 Å². The Morgan fingerprint density at radius 2 is 1.10 bits per heavy atom. The van der Waals surface area contributed by atoms with Gasteiger partial charge in [-0.25, -0.2) is 0 Å². The van der Waals surface area contributed by atoms with Gasteiger partial charge in [0.05, 0.1) is 0 Å². The molecule has 2 nitrogen and oxygen atoms in total. The molecule has 0 aromatic heterocycles. The Morgan fingerprint density at radius 1 is 0.750 bits per heavy atom. The van der Waals surface area contributed by atoms with Crippen molar-refractivity contribution >= 4 is 14.0 Å². The zero-order chi connectivity index (χ0) is 14.2. The van der Waals surface area contributed by atoms with E-state index in [0.29, 0.717) is 6.42 Å². The summed E-state index contributed by atoms with van der Waals surface area (Å²) in [6.07, 6.45) is 18.0. The normalized spacial score (nSPS) is 10.1. The molecule has 4 heteroatoms. The molecule has 123 valence electrons. The molecule has 0 aliphatic rings. The van der Waals surface area contributed by atoms with Crippen molar-refractivity contribution in [1.82, 2.24) is 0 Å². The van der Waals surface area contributed by atoms with E-state index < -0.39 is 0 Å². The monoisotopic (exact) mass is 375 g/mol. The molecular weight excluding hydrogens is 343 g/mol. The molecule has 0 N–H and O–H groups in total. The quantitative estimate of drug-likeness (QED) is 0.328. The van der Waals surface area contributed by atoms with Crippen LogP contribution in [0.25, 0.3) is 0 Å². The Kier molecular flexibility index (Phi) is 21.7. The van der Waals surface area contributed by atoms with E-state index in [1.807, 2.05) is 0 Å². The molecule has 0 spiro atoms. The average Bonchev–Trinajstić information content (AvgIpc) is 2.43. The molecule has 0 atom stereocenters. The van der Waals surface area contributed by atoms with Crippen molar-refractivity contribution in [2.24, 2.45) is 0 Å². The fourth-order valence-corrected chi connectivity index (χ4v) is 2.39. The van der Waals surface area contributed by atoms with E-state index in [2.05, 4.69) is 11.6 Å². The average molecular weight is 376 g/mol. The summed E-state index contributed by atoms with van der Waals surface area (Å²) >= 11 is 0. The summed E-state index contributed by atoms with van der Waals surface area (Å²) in [5.74, 6) is -0.0666. The zero-order valence-electron chi connectivity index (χ0n) is 13.5. The van der Waals surface area contributed by atoms with Crippen LogP contribution < -0.4 is 0 Å². The first-order valence-electron chi connectivity index (χ1n) is 8.38. The van der Waals surface area contributed by atoms with Gasteiger partial charge in [-0.3, -0.25) is 4.79 Å². The van der Waals surface area contributed by atoms with Gasteiger partial charge in [0.2, 0.25) is 0 Å². The van der Waals surface area contributed by atoms with E-state index in [0.717, 1.165) is 6.42 Å². The second kappa shape index (κ2) is 19.3. The van der Waals surface area contributed by atoms with Gasteiger partial charge in [0.1, 0.15) is 0 Å². The van der Waals surface area contributed by atoms with Gasteiger partial charge in [-0.15, -0.1) is 0 Å². The molecule has 0 aromatic rings. The molecule has 0 bridgehead atoms. The van der Waals surface area contributed by atoms with Gasteiger partial charge in [0, 0.05) is 28.8 Å². The summed E-state index contributed by atoms with van der Waals surface area (Å²) in [6.45, 7) is 2.27. The summed E-state index contributed by atoms with van der Waals surface area (Å²) in [5, 5.41) is 0. The van der Waals surface area contributed by atoms with E-state index in [-0.39, 0.29) is 28.3 Å². The summed E-state index contributed by atoms with van der Waals surface area (Å²) in [7, 11) is 1.46. The third kappa shape index (κ3) is 18.3. The number of hydrogen-bond donors (Lipinski definition) is 0. The summed E-state index contributed by atoms with van der Waals surface area (Å²) in [6, 6.07) is 0. The van der Waals surface area contributed by atoms with Gasteiger partial charge < -0.3 is 4.65 Å². The molecule has 1 radical (unpaired) electrons. The standard InChI is InChI=1S/C16H33BO2.Ag/c1-2-3-4-5-6-7-8-9-10-11-12-13-14-15-16(18)19-17;/h2-15,17H2,1H3;. The minimum Gasteiger partial charge on any atom is -0.543 e. The predicted molar refractivity (Wildman–Crippen MR) is 84.9 cm³/mol. The molecule has 0 fully saturated rings. The Labute approximate surface area is 142 Å². The van der Waals surface area contributed by atoms with Gasteiger partial charge in [-0.2, -0.15) is 0 Å². The largest absolute Gasteiger partial charge is 0.543 e. The first-order valence-corrected chi connectivity index (χ1v) is 8.38. The van der Waals surface area contributed by atoms with Crippen molar-refractivity contribution in [3.05, 3.63) is 0 Å². The third-order valence-electron chi connectivity index (χ3n) is 3.71. The van der Waals surface area contributed by atoms with E-state index in [1.54, 1.807) is 0 Å². The second-order valence-corrected chi connectivity index (χ2v) is 5.57. The summed E-state index contributed by atoms with van der Waals surface area (Å²) in [4.78, 5) is 10.9. The van der Waals surface area contributed by atoms with Crippen LogP contribution in [0.4, 0.5) is 0 Å². The van der Waals surface area contributed by atoms with Crippen LogP contribution in [0.2, 0.25) is 0 Å². The van der Waals surface area contributed by atoms with Crippen molar-refractivity contribution in [1.29, 1.82) is 0 Å². The Morgan fingerprint density at radius 3 is 1.45 bits per heavy atom. The molecule has 0 saturated heterocycles. The maximum Gasteiger partial charge on any atom is 0.325 e. The predicted octanol–water partition coefficient (Wildman–Crippen LogP) is 4.56. The fourth-order valence-electron chi connectivity index (χ4n) is 2.39. The van der Waals surface area contributed by atoms with Gasteiger partial charge in [0.15, 0.2) is 0 Å². The molecule has 0 unspecified atom stereocenters. The van der Waals surface area contributed by atoms with Crippen molar-refractivity contribution in [2.45, 2.75) is 96.8 Å². The SMILES string of the molecule is BOC(=O)CCCCCCCCCCCCCCC.[Ag]. The first-order chi connectivity index (χ1) is 9.31. The van der Waals surface area contributed by atoms with E-state index in [1.165, 1.54) is 85.1 Å². The van der Waals surface area contributed by atoms with Crippen molar-refractivity contribution in [3.63, 3.8) is 0 Å². The van der Waals surface area contributed by atoms with Crippen LogP contribution in [0.3, 0.4) is 0 Å². The molecule has 0 amide bonds. The minimum atomic E-state index is -0.0666. The minimum absolute atomic E-state index is 0. The number of hydrogen-bond acceptors (Lipinski definition) is 2.